The molecule has 1 aromatic carbocycles. The summed E-state index contributed by atoms with van der Waals surface area (Å²) in [6.07, 6.45) is 7.15. The summed E-state index contributed by atoms with van der Waals surface area (Å²) in [5, 5.41) is 0.896. The average Bonchev–Trinajstić information content (AvgIpc) is 3.00. The van der Waals surface area contributed by atoms with Crippen molar-refractivity contribution in [2.75, 3.05) is 18.7 Å². The lowest BCUT2D eigenvalue weighted by Crippen LogP contribution is -2.24. The lowest BCUT2D eigenvalue weighted by molar-refractivity contribution is 0.204. The highest BCUT2D eigenvalue weighted by Crippen LogP contribution is 2.46. The molecule has 3 heterocycles. The summed E-state index contributed by atoms with van der Waals surface area (Å²) in [4.78, 5) is 16.3. The number of ether oxygens (including phenoxy) is 1. The minimum Gasteiger partial charge on any atom is -0.364 e. The van der Waals surface area contributed by atoms with E-state index in [4.69, 9.17) is 4.74 Å². The number of imidazole rings is 1. The molecule has 8 heteroatoms. The Kier molecular flexibility index (Phi) is 4.26. The highest BCUT2D eigenvalue weighted by atomic mass is 79.9. The van der Waals surface area contributed by atoms with E-state index in [-0.39, 0.29) is 0 Å². The molecule has 24 heavy (non-hydrogen) atoms. The van der Waals surface area contributed by atoms with Gasteiger partial charge in [-0.2, -0.15) is 0 Å². The highest BCUT2D eigenvalue weighted by Gasteiger charge is 2.25. The third kappa shape index (κ3) is 2.81. The zero-order valence-corrected chi connectivity index (χ0v) is 15.3. The van der Waals surface area contributed by atoms with Gasteiger partial charge in [-0.3, -0.25) is 4.90 Å². The Morgan fingerprint density at radius 3 is 2.83 bits per heavy atom. The van der Waals surface area contributed by atoms with Gasteiger partial charge in [0.15, 0.2) is 10.6 Å². The van der Waals surface area contributed by atoms with Crippen molar-refractivity contribution in [1.29, 1.82) is 0 Å². The van der Waals surface area contributed by atoms with Crippen LogP contribution in [0.5, 0.6) is 0 Å². The molecule has 4 rings (SSSR count). The van der Waals surface area contributed by atoms with Gasteiger partial charge in [0.25, 0.3) is 0 Å². The van der Waals surface area contributed by atoms with E-state index in [9.17, 15) is 0 Å². The molecule has 6 nitrogen and oxygen atoms in total. The zero-order chi connectivity index (χ0) is 16.5. The van der Waals surface area contributed by atoms with Gasteiger partial charge in [0, 0.05) is 43.3 Å². The first kappa shape index (κ1) is 15.6. The first-order chi connectivity index (χ1) is 11.8. The third-order valence-electron chi connectivity index (χ3n) is 3.70. The van der Waals surface area contributed by atoms with Gasteiger partial charge >= 0.3 is 0 Å². The predicted molar refractivity (Wildman–Crippen MR) is 95.6 cm³/mol. The molecule has 1 aliphatic rings. The fourth-order valence-electron chi connectivity index (χ4n) is 2.64. The van der Waals surface area contributed by atoms with Crippen LogP contribution in [0.25, 0.3) is 0 Å². The van der Waals surface area contributed by atoms with Crippen molar-refractivity contribution in [1.82, 2.24) is 19.5 Å². The molecule has 0 aliphatic carbocycles. The number of halogens is 1. The first-order valence-corrected chi connectivity index (χ1v) is 8.92. The smallest absolute Gasteiger partial charge is 0.177 e. The zero-order valence-electron chi connectivity index (χ0n) is 12.9. The number of rotatable bonds is 4. The van der Waals surface area contributed by atoms with Crippen LogP contribution in [0.15, 0.2) is 57.6 Å². The first-order valence-electron chi connectivity index (χ1n) is 7.31. The minimum atomic E-state index is 0.428. The number of aromatic nitrogens is 4. The number of hydrogen-bond acceptors (Lipinski definition) is 6. The lowest BCUT2D eigenvalue weighted by atomic mass is 10.2. The number of fused-ring (bicyclic) bond motifs is 2. The number of methoxy groups -OCH3 is 1. The summed E-state index contributed by atoms with van der Waals surface area (Å²) >= 11 is 5.09. The van der Waals surface area contributed by atoms with Gasteiger partial charge in [-0.25, -0.2) is 15.0 Å². The van der Waals surface area contributed by atoms with Gasteiger partial charge in [-0.05, 0) is 33.6 Å². The lowest BCUT2D eigenvalue weighted by Gasteiger charge is -2.30. The molecule has 3 aromatic rings. The van der Waals surface area contributed by atoms with Crippen molar-refractivity contribution in [2.24, 2.45) is 0 Å². The van der Waals surface area contributed by atoms with Crippen LogP contribution in [0.3, 0.4) is 0 Å². The monoisotopic (exact) mass is 403 g/mol. The van der Waals surface area contributed by atoms with E-state index < -0.39 is 0 Å². The highest BCUT2D eigenvalue weighted by molar-refractivity contribution is 9.10. The van der Waals surface area contributed by atoms with Gasteiger partial charge in [0.2, 0.25) is 0 Å². The van der Waals surface area contributed by atoms with E-state index in [0.29, 0.717) is 6.73 Å². The third-order valence-corrected chi connectivity index (χ3v) is 5.41. The Balaban J connectivity index is 1.73. The van der Waals surface area contributed by atoms with E-state index in [1.165, 1.54) is 5.56 Å². The van der Waals surface area contributed by atoms with Gasteiger partial charge in [-0.15, -0.1) is 0 Å². The van der Waals surface area contributed by atoms with Gasteiger partial charge in [0.1, 0.15) is 11.8 Å². The largest absolute Gasteiger partial charge is 0.364 e. The van der Waals surface area contributed by atoms with Gasteiger partial charge in [0.05, 0.1) is 5.69 Å². The normalized spacial score (nSPS) is 12.8. The Morgan fingerprint density at radius 2 is 2.04 bits per heavy atom. The second-order valence-electron chi connectivity index (χ2n) is 5.26. The molecule has 0 bridgehead atoms. The van der Waals surface area contributed by atoms with Crippen molar-refractivity contribution in [3.8, 4) is 0 Å². The Labute approximate surface area is 152 Å². The molecule has 0 unspecified atom stereocenters. The fourth-order valence-corrected chi connectivity index (χ4v) is 3.98. The molecule has 0 spiro atoms. The molecule has 0 radical (unpaired) electrons. The molecule has 0 amide bonds. The summed E-state index contributed by atoms with van der Waals surface area (Å²) in [5.41, 5.74) is 2.27. The molecule has 122 valence electrons. The van der Waals surface area contributed by atoms with E-state index in [1.54, 1.807) is 37.5 Å². The van der Waals surface area contributed by atoms with Crippen molar-refractivity contribution >= 4 is 39.2 Å². The Bertz CT molecular complexity index is 884. The van der Waals surface area contributed by atoms with Crippen LogP contribution in [-0.4, -0.2) is 33.4 Å². The van der Waals surface area contributed by atoms with E-state index in [1.807, 2.05) is 10.8 Å². The van der Waals surface area contributed by atoms with Crippen molar-refractivity contribution in [3.63, 3.8) is 0 Å². The summed E-state index contributed by atoms with van der Waals surface area (Å²) in [6.45, 7) is 1.17. The quantitative estimate of drug-likeness (QED) is 0.661. The van der Waals surface area contributed by atoms with Crippen molar-refractivity contribution < 1.29 is 4.74 Å². The topological polar surface area (TPSA) is 56.1 Å². The van der Waals surface area contributed by atoms with Crippen molar-refractivity contribution in [2.45, 2.75) is 16.5 Å². The molecule has 2 aromatic heterocycles. The predicted octanol–water partition coefficient (Wildman–Crippen LogP) is 3.69. The standard InChI is InChI=1S/C16H14BrN5OS/c1-23-10-22-12-8-11(9-21-7-6-20-16(21)17)2-3-13(12)24-15-14(22)18-4-5-19-15/h2-8H,9-10H2,1H3. The number of anilines is 2. The Morgan fingerprint density at radius 1 is 1.17 bits per heavy atom. The number of hydrogen-bond donors (Lipinski definition) is 0. The molecule has 0 fully saturated rings. The van der Waals surface area contributed by atoms with Crippen LogP contribution in [0.4, 0.5) is 11.5 Å². The number of benzene rings is 1. The van der Waals surface area contributed by atoms with Crippen LogP contribution in [-0.2, 0) is 11.3 Å². The van der Waals surface area contributed by atoms with Gasteiger partial charge in [-0.1, -0.05) is 17.8 Å². The minimum absolute atomic E-state index is 0.428. The second-order valence-corrected chi connectivity index (χ2v) is 7.00. The molecule has 0 N–H and O–H groups in total. The fraction of sp³-hybridized carbons (Fsp3) is 0.188. The number of nitrogens with zero attached hydrogens (tertiary/aromatic N) is 5. The van der Waals surface area contributed by atoms with E-state index in [0.717, 1.165) is 32.7 Å². The van der Waals surface area contributed by atoms with Crippen LogP contribution < -0.4 is 4.90 Å². The maximum atomic E-state index is 5.39. The summed E-state index contributed by atoms with van der Waals surface area (Å²) in [6, 6.07) is 6.43. The summed E-state index contributed by atoms with van der Waals surface area (Å²) in [5.74, 6) is 0.831. The average molecular weight is 404 g/mol. The molecule has 0 atom stereocenters. The van der Waals surface area contributed by atoms with E-state index in [2.05, 4.69) is 54.0 Å². The maximum absolute atomic E-state index is 5.39. The molecular weight excluding hydrogens is 390 g/mol. The SMILES string of the molecule is COCN1c2cc(Cn3ccnc3Br)ccc2Sc2nccnc21. The maximum Gasteiger partial charge on any atom is 0.177 e. The van der Waals surface area contributed by atoms with Crippen LogP contribution in [0.2, 0.25) is 0 Å². The summed E-state index contributed by atoms with van der Waals surface area (Å²) < 4.78 is 8.25. The molecule has 1 aliphatic heterocycles. The van der Waals surface area contributed by atoms with Crippen LogP contribution >= 0.6 is 27.7 Å². The molecular formula is C16H14BrN5OS. The van der Waals surface area contributed by atoms with Crippen LogP contribution in [0, 0.1) is 0 Å². The molecule has 0 saturated carbocycles. The van der Waals surface area contributed by atoms with Gasteiger partial charge < -0.3 is 9.30 Å². The summed E-state index contributed by atoms with van der Waals surface area (Å²) in [7, 11) is 1.68. The van der Waals surface area contributed by atoms with Crippen molar-refractivity contribution in [3.05, 3.63) is 53.3 Å². The molecule has 0 saturated heterocycles. The van der Waals surface area contributed by atoms with E-state index >= 15 is 0 Å². The second kappa shape index (κ2) is 6.54. The van der Waals surface area contributed by atoms with Crippen LogP contribution in [0.1, 0.15) is 5.56 Å². The Hall–Kier alpha value is -1.90.